The fourth-order valence-electron chi connectivity index (χ4n) is 1.95. The highest BCUT2D eigenvalue weighted by atomic mass is 16.1. The Bertz CT molecular complexity index is 723. The third kappa shape index (κ3) is 1.39. The Kier molecular flexibility index (Phi) is 2.49. The molecule has 1 heterocycles. The quantitative estimate of drug-likeness (QED) is 0.759. The molecule has 0 aliphatic heterocycles. The molecule has 0 unspecified atom stereocenters. The third-order valence-corrected chi connectivity index (χ3v) is 2.71. The topological polar surface area (TPSA) is 32.9 Å². The summed E-state index contributed by atoms with van der Waals surface area (Å²) < 4.78 is 0. The zero-order valence-corrected chi connectivity index (χ0v) is 9.21. The van der Waals surface area contributed by atoms with Gasteiger partial charge in [-0.25, -0.2) is 0 Å². The number of pyridine rings is 1. The second-order valence-corrected chi connectivity index (χ2v) is 3.61. The first-order chi connectivity index (χ1) is 7.69. The summed E-state index contributed by atoms with van der Waals surface area (Å²) in [5, 5.41) is 3.21. The van der Waals surface area contributed by atoms with Crippen LogP contribution in [0, 0.1) is 0 Å². The van der Waals surface area contributed by atoms with Crippen molar-refractivity contribution in [2.75, 3.05) is 0 Å². The highest BCUT2D eigenvalue weighted by Crippen LogP contribution is 2.11. The van der Waals surface area contributed by atoms with E-state index in [1.807, 2.05) is 31.2 Å². The molecule has 0 saturated heterocycles. The number of hydrogen-bond donors (Lipinski definition) is 1. The van der Waals surface area contributed by atoms with Crippen molar-refractivity contribution >= 4 is 29.5 Å². The molecule has 2 heteroatoms. The van der Waals surface area contributed by atoms with E-state index in [0.717, 1.165) is 16.3 Å². The molecule has 80 valence electrons. The number of aromatic amines is 1. The van der Waals surface area contributed by atoms with E-state index in [1.165, 1.54) is 0 Å². The smallest absolute Gasteiger partial charge is 0.255 e. The number of nitrogens with one attached hydrogen (secondary N) is 1. The average molecular weight is 211 g/mol. The lowest BCUT2D eigenvalue weighted by atomic mass is 10.0. The molecule has 0 aliphatic carbocycles. The third-order valence-electron chi connectivity index (χ3n) is 2.71. The average Bonchev–Trinajstić information content (AvgIpc) is 2.29. The molecule has 0 saturated carbocycles. The van der Waals surface area contributed by atoms with E-state index in [0.29, 0.717) is 10.6 Å². The van der Waals surface area contributed by atoms with Crippen LogP contribution in [0.4, 0.5) is 0 Å². The van der Waals surface area contributed by atoms with Gasteiger partial charge in [-0.2, -0.15) is 0 Å². The second-order valence-electron chi connectivity index (χ2n) is 3.61. The Morgan fingerprint density at radius 2 is 2.12 bits per heavy atom. The molecule has 0 spiro atoms. The molecule has 2 rings (SSSR count). The SMILES string of the molecule is C=Cc1cccc2c(=C)[nH]c(=O)/c(=C/C)c12. The fraction of sp³-hybridized carbons (Fsp3) is 0.0714. The minimum absolute atomic E-state index is 0.102. The molecular weight excluding hydrogens is 198 g/mol. The van der Waals surface area contributed by atoms with Crippen LogP contribution in [0.25, 0.3) is 29.5 Å². The maximum atomic E-state index is 11.8. The maximum absolute atomic E-state index is 11.8. The van der Waals surface area contributed by atoms with Crippen LogP contribution in [0.15, 0.2) is 29.6 Å². The van der Waals surface area contributed by atoms with Crippen LogP contribution in [-0.4, -0.2) is 4.98 Å². The minimum atomic E-state index is -0.102. The summed E-state index contributed by atoms with van der Waals surface area (Å²) in [6, 6.07) is 5.83. The predicted molar refractivity (Wildman–Crippen MR) is 69.6 cm³/mol. The molecular formula is C14H13NO. The highest BCUT2D eigenvalue weighted by molar-refractivity contribution is 5.90. The number of H-pyrrole nitrogens is 1. The van der Waals surface area contributed by atoms with E-state index in [2.05, 4.69) is 18.1 Å². The van der Waals surface area contributed by atoms with Crippen LogP contribution in [-0.2, 0) is 0 Å². The Morgan fingerprint density at radius 1 is 1.38 bits per heavy atom. The van der Waals surface area contributed by atoms with Crippen molar-refractivity contribution in [2.45, 2.75) is 6.92 Å². The molecule has 16 heavy (non-hydrogen) atoms. The Labute approximate surface area is 93.3 Å². The first-order valence-electron chi connectivity index (χ1n) is 5.11. The molecule has 2 nitrogen and oxygen atoms in total. The van der Waals surface area contributed by atoms with Gasteiger partial charge >= 0.3 is 0 Å². The molecule has 0 bridgehead atoms. The van der Waals surface area contributed by atoms with E-state index in [-0.39, 0.29) is 5.56 Å². The van der Waals surface area contributed by atoms with Gasteiger partial charge in [0.05, 0.1) is 0 Å². The lowest BCUT2D eigenvalue weighted by molar-refractivity contribution is 1.19. The van der Waals surface area contributed by atoms with Crippen LogP contribution in [0.3, 0.4) is 0 Å². The summed E-state index contributed by atoms with van der Waals surface area (Å²) in [5.74, 6) is 0. The summed E-state index contributed by atoms with van der Waals surface area (Å²) >= 11 is 0. The number of hydrogen-bond acceptors (Lipinski definition) is 1. The van der Waals surface area contributed by atoms with Gasteiger partial charge in [-0.1, -0.05) is 43.5 Å². The van der Waals surface area contributed by atoms with Gasteiger partial charge in [0.15, 0.2) is 0 Å². The van der Waals surface area contributed by atoms with Crippen molar-refractivity contribution in [1.82, 2.24) is 4.98 Å². The van der Waals surface area contributed by atoms with Gasteiger partial charge in [-0.05, 0) is 12.5 Å². The van der Waals surface area contributed by atoms with Crippen molar-refractivity contribution in [2.24, 2.45) is 0 Å². The second kappa shape index (κ2) is 3.81. The highest BCUT2D eigenvalue weighted by Gasteiger charge is 2.03. The monoisotopic (exact) mass is 211 g/mol. The predicted octanol–water partition coefficient (Wildman–Crippen LogP) is 1.38. The van der Waals surface area contributed by atoms with E-state index < -0.39 is 0 Å². The number of rotatable bonds is 1. The fourth-order valence-corrected chi connectivity index (χ4v) is 1.95. The largest absolute Gasteiger partial charge is 0.322 e. The Balaban J connectivity index is 3.27. The summed E-state index contributed by atoms with van der Waals surface area (Å²) in [5.41, 5.74) is 0.857. The van der Waals surface area contributed by atoms with Gasteiger partial charge in [-0.15, -0.1) is 0 Å². The zero-order valence-electron chi connectivity index (χ0n) is 9.21. The standard InChI is InChI=1S/C14H13NO/c1-4-10-7-6-8-12-9(3)15-14(16)11(5-2)13(10)12/h4-8H,1,3H2,2H3,(H,15,16)/b11-5+. The summed E-state index contributed by atoms with van der Waals surface area (Å²) in [7, 11) is 0. The molecule has 2 aromatic rings. The van der Waals surface area contributed by atoms with E-state index >= 15 is 0 Å². The molecule has 1 N–H and O–H groups in total. The van der Waals surface area contributed by atoms with E-state index in [9.17, 15) is 4.79 Å². The summed E-state index contributed by atoms with van der Waals surface area (Å²) in [4.78, 5) is 14.5. The molecule has 1 aromatic carbocycles. The van der Waals surface area contributed by atoms with Gasteiger partial charge in [0.1, 0.15) is 0 Å². The van der Waals surface area contributed by atoms with Crippen LogP contribution >= 0.6 is 0 Å². The number of fused-ring (bicyclic) bond motifs is 1. The summed E-state index contributed by atoms with van der Waals surface area (Å²) in [6.45, 7) is 9.48. The van der Waals surface area contributed by atoms with Crippen molar-refractivity contribution in [3.8, 4) is 0 Å². The van der Waals surface area contributed by atoms with Gasteiger partial charge in [0, 0.05) is 21.3 Å². The molecule has 0 aliphatic rings. The number of benzene rings is 1. The van der Waals surface area contributed by atoms with Gasteiger partial charge in [-0.3, -0.25) is 4.79 Å². The normalized spacial score (nSPS) is 11.9. The molecule has 0 atom stereocenters. The molecule has 0 amide bonds. The van der Waals surface area contributed by atoms with Crippen LogP contribution in [0.2, 0.25) is 0 Å². The van der Waals surface area contributed by atoms with Crippen LogP contribution in [0.5, 0.6) is 0 Å². The number of aromatic nitrogens is 1. The lowest BCUT2D eigenvalue weighted by Crippen LogP contribution is -2.34. The summed E-state index contributed by atoms with van der Waals surface area (Å²) in [6.07, 6.45) is 3.57. The maximum Gasteiger partial charge on any atom is 0.255 e. The Morgan fingerprint density at radius 3 is 2.75 bits per heavy atom. The van der Waals surface area contributed by atoms with Gasteiger partial charge in [0.25, 0.3) is 5.56 Å². The van der Waals surface area contributed by atoms with Crippen molar-refractivity contribution in [3.63, 3.8) is 0 Å². The van der Waals surface area contributed by atoms with Crippen molar-refractivity contribution < 1.29 is 0 Å². The van der Waals surface area contributed by atoms with Crippen molar-refractivity contribution in [1.29, 1.82) is 0 Å². The Hall–Kier alpha value is -2.09. The van der Waals surface area contributed by atoms with Crippen molar-refractivity contribution in [3.05, 3.63) is 51.3 Å². The van der Waals surface area contributed by atoms with Crippen LogP contribution in [0.1, 0.15) is 12.5 Å². The zero-order chi connectivity index (χ0) is 11.7. The van der Waals surface area contributed by atoms with E-state index in [1.54, 1.807) is 6.08 Å². The van der Waals surface area contributed by atoms with Gasteiger partial charge < -0.3 is 4.98 Å². The first-order valence-corrected chi connectivity index (χ1v) is 5.11. The lowest BCUT2D eigenvalue weighted by Gasteiger charge is -2.03. The molecule has 0 fully saturated rings. The minimum Gasteiger partial charge on any atom is -0.322 e. The first kappa shape index (κ1) is 10.4. The molecule has 0 radical (unpaired) electrons. The molecule has 1 aromatic heterocycles. The van der Waals surface area contributed by atoms with Crippen LogP contribution < -0.4 is 16.1 Å². The van der Waals surface area contributed by atoms with E-state index in [4.69, 9.17) is 0 Å². The van der Waals surface area contributed by atoms with Gasteiger partial charge in [0.2, 0.25) is 0 Å².